The normalized spacial score (nSPS) is 20.1. The number of rotatable bonds is 5. The van der Waals surface area contributed by atoms with Gasteiger partial charge in [-0.2, -0.15) is 5.10 Å². The third-order valence-corrected chi connectivity index (χ3v) is 5.24. The van der Waals surface area contributed by atoms with Crippen LogP contribution in [0.3, 0.4) is 0 Å². The molecular formula is C15H26ClN3O. The fourth-order valence-corrected chi connectivity index (χ4v) is 3.76. The first-order valence-electron chi connectivity index (χ1n) is 7.44. The van der Waals surface area contributed by atoms with Crippen LogP contribution in [0.5, 0.6) is 0 Å². The lowest BCUT2D eigenvalue weighted by Gasteiger charge is -2.42. The minimum absolute atomic E-state index is 0.0708. The summed E-state index contributed by atoms with van der Waals surface area (Å²) >= 11 is 6.37. The van der Waals surface area contributed by atoms with Crippen molar-refractivity contribution in [2.24, 2.45) is 7.05 Å². The standard InChI is InChI=1S/C15H26ClN3O/c1-11-12(14(16)19(3)18-11)10-13(17-2)15(20-4)8-6-5-7-9-15/h13,17H,5-10H2,1-4H3. The first-order valence-corrected chi connectivity index (χ1v) is 7.82. The molecule has 0 spiro atoms. The van der Waals surface area contributed by atoms with Gasteiger partial charge in [-0.3, -0.25) is 4.68 Å². The highest BCUT2D eigenvalue weighted by Gasteiger charge is 2.40. The van der Waals surface area contributed by atoms with Gasteiger partial charge in [0.15, 0.2) is 0 Å². The van der Waals surface area contributed by atoms with Crippen LogP contribution in [0.1, 0.15) is 43.4 Å². The van der Waals surface area contributed by atoms with Crippen LogP contribution in [0, 0.1) is 6.92 Å². The molecule has 4 nitrogen and oxygen atoms in total. The van der Waals surface area contributed by atoms with Crippen molar-refractivity contribution < 1.29 is 4.74 Å². The van der Waals surface area contributed by atoms with E-state index in [1.807, 2.05) is 28.1 Å². The van der Waals surface area contributed by atoms with E-state index in [1.54, 1.807) is 4.68 Å². The summed E-state index contributed by atoms with van der Waals surface area (Å²) in [5.74, 6) is 0. The van der Waals surface area contributed by atoms with Crippen molar-refractivity contribution in [3.8, 4) is 0 Å². The van der Waals surface area contributed by atoms with Crippen LogP contribution in [0.4, 0.5) is 0 Å². The number of aromatic nitrogens is 2. The maximum absolute atomic E-state index is 6.37. The fourth-order valence-electron chi connectivity index (χ4n) is 3.51. The lowest BCUT2D eigenvalue weighted by atomic mass is 9.77. The van der Waals surface area contributed by atoms with Crippen molar-refractivity contribution in [2.75, 3.05) is 14.2 Å². The SMILES string of the molecule is CNC(Cc1c(C)nn(C)c1Cl)C1(OC)CCCCC1. The summed E-state index contributed by atoms with van der Waals surface area (Å²) in [6.45, 7) is 2.02. The summed E-state index contributed by atoms with van der Waals surface area (Å²) in [6, 6.07) is 0.271. The van der Waals surface area contributed by atoms with Crippen molar-refractivity contribution in [3.05, 3.63) is 16.4 Å². The highest BCUT2D eigenvalue weighted by Crippen LogP contribution is 2.36. The predicted molar refractivity (Wildman–Crippen MR) is 82.3 cm³/mol. The lowest BCUT2D eigenvalue weighted by molar-refractivity contribution is -0.0657. The molecule has 1 aromatic rings. The number of hydrogen-bond donors (Lipinski definition) is 1. The Hall–Kier alpha value is -0.580. The van der Waals surface area contributed by atoms with Crippen LogP contribution in [-0.2, 0) is 18.2 Å². The number of halogens is 1. The van der Waals surface area contributed by atoms with Crippen LogP contribution >= 0.6 is 11.6 Å². The second-order valence-electron chi connectivity index (χ2n) is 5.85. The first kappa shape index (κ1) is 15.8. The largest absolute Gasteiger partial charge is 0.377 e. The maximum Gasteiger partial charge on any atom is 0.130 e. The molecule has 1 saturated carbocycles. The zero-order valence-corrected chi connectivity index (χ0v) is 13.8. The third kappa shape index (κ3) is 2.87. The summed E-state index contributed by atoms with van der Waals surface area (Å²) in [6.07, 6.45) is 6.90. The Morgan fingerprint density at radius 3 is 2.50 bits per heavy atom. The Labute approximate surface area is 126 Å². The van der Waals surface area contributed by atoms with Gasteiger partial charge in [0.2, 0.25) is 0 Å². The van der Waals surface area contributed by atoms with E-state index in [0.717, 1.165) is 35.7 Å². The van der Waals surface area contributed by atoms with E-state index in [0.29, 0.717) is 0 Å². The van der Waals surface area contributed by atoms with Gasteiger partial charge in [-0.05, 0) is 33.2 Å². The Bertz CT molecular complexity index is 452. The summed E-state index contributed by atoms with van der Waals surface area (Å²) in [7, 11) is 5.74. The molecule has 1 unspecified atom stereocenters. The number of hydrogen-bond acceptors (Lipinski definition) is 3. The van der Waals surface area contributed by atoms with Gasteiger partial charge in [0.1, 0.15) is 5.15 Å². The Morgan fingerprint density at radius 1 is 1.40 bits per heavy atom. The fraction of sp³-hybridized carbons (Fsp3) is 0.800. The molecule has 0 bridgehead atoms. The van der Waals surface area contributed by atoms with Gasteiger partial charge < -0.3 is 10.1 Å². The molecule has 2 rings (SSSR count). The molecule has 1 aliphatic carbocycles. The lowest BCUT2D eigenvalue weighted by Crippen LogP contribution is -2.53. The van der Waals surface area contributed by atoms with E-state index in [9.17, 15) is 0 Å². The van der Waals surface area contributed by atoms with Crippen molar-refractivity contribution in [3.63, 3.8) is 0 Å². The predicted octanol–water partition coefficient (Wildman–Crippen LogP) is 2.86. The second-order valence-corrected chi connectivity index (χ2v) is 6.21. The highest BCUT2D eigenvalue weighted by molar-refractivity contribution is 6.30. The van der Waals surface area contributed by atoms with Crippen LogP contribution in [0.2, 0.25) is 5.15 Å². The second kappa shape index (κ2) is 6.46. The van der Waals surface area contributed by atoms with Crippen LogP contribution in [-0.4, -0.2) is 35.6 Å². The quantitative estimate of drug-likeness (QED) is 0.909. The summed E-state index contributed by atoms with van der Waals surface area (Å²) in [5.41, 5.74) is 2.08. The van der Waals surface area contributed by atoms with E-state index in [-0.39, 0.29) is 11.6 Å². The molecule has 1 aliphatic rings. The molecule has 0 aliphatic heterocycles. The molecule has 1 heterocycles. The van der Waals surface area contributed by atoms with Crippen LogP contribution < -0.4 is 5.32 Å². The van der Waals surface area contributed by atoms with Gasteiger partial charge in [-0.1, -0.05) is 30.9 Å². The van der Waals surface area contributed by atoms with Gasteiger partial charge in [0, 0.05) is 25.8 Å². The Balaban J connectivity index is 2.23. The van der Waals surface area contributed by atoms with Gasteiger partial charge in [-0.25, -0.2) is 0 Å². The average Bonchev–Trinajstić information content (AvgIpc) is 2.71. The Kier molecular flexibility index (Phi) is 5.10. The monoisotopic (exact) mass is 299 g/mol. The van der Waals surface area contributed by atoms with Crippen LogP contribution in [0.15, 0.2) is 0 Å². The number of nitrogens with one attached hydrogen (secondary N) is 1. The maximum atomic E-state index is 6.37. The van der Waals surface area contributed by atoms with Gasteiger partial charge >= 0.3 is 0 Å². The summed E-state index contributed by atoms with van der Waals surface area (Å²) in [5, 5.41) is 8.60. The number of aryl methyl sites for hydroxylation is 2. The van der Waals surface area contributed by atoms with E-state index in [1.165, 1.54) is 19.3 Å². The van der Waals surface area contributed by atoms with Crippen molar-refractivity contribution in [1.29, 1.82) is 0 Å². The number of likely N-dealkylation sites (N-methyl/N-ethyl adjacent to an activating group) is 1. The first-order chi connectivity index (χ1) is 9.54. The van der Waals surface area contributed by atoms with Crippen LogP contribution in [0.25, 0.3) is 0 Å². The number of methoxy groups -OCH3 is 1. The molecule has 0 radical (unpaired) electrons. The van der Waals surface area contributed by atoms with Gasteiger partial charge in [0.25, 0.3) is 0 Å². The minimum atomic E-state index is -0.0708. The topological polar surface area (TPSA) is 39.1 Å². The van der Waals surface area contributed by atoms with Crippen molar-refractivity contribution >= 4 is 11.6 Å². The molecular weight excluding hydrogens is 274 g/mol. The van der Waals surface area contributed by atoms with E-state index >= 15 is 0 Å². The number of nitrogens with zero attached hydrogens (tertiary/aromatic N) is 2. The van der Waals surface area contributed by atoms with Gasteiger partial charge in [0.05, 0.1) is 11.3 Å². The third-order valence-electron chi connectivity index (χ3n) is 4.77. The zero-order valence-electron chi connectivity index (χ0n) is 13.0. The summed E-state index contributed by atoms with van der Waals surface area (Å²) in [4.78, 5) is 0. The van der Waals surface area contributed by atoms with E-state index in [4.69, 9.17) is 16.3 Å². The highest BCUT2D eigenvalue weighted by atomic mass is 35.5. The minimum Gasteiger partial charge on any atom is -0.377 e. The zero-order chi connectivity index (χ0) is 14.8. The summed E-state index contributed by atoms with van der Waals surface area (Å²) < 4.78 is 7.71. The molecule has 5 heteroatoms. The molecule has 0 amide bonds. The number of ether oxygens (including phenoxy) is 1. The molecule has 0 saturated heterocycles. The van der Waals surface area contributed by atoms with E-state index in [2.05, 4.69) is 10.4 Å². The molecule has 1 fully saturated rings. The Morgan fingerprint density at radius 2 is 2.05 bits per heavy atom. The molecule has 1 atom stereocenters. The molecule has 0 aromatic carbocycles. The average molecular weight is 300 g/mol. The van der Waals surface area contributed by atoms with E-state index < -0.39 is 0 Å². The smallest absolute Gasteiger partial charge is 0.130 e. The van der Waals surface area contributed by atoms with Crippen molar-refractivity contribution in [1.82, 2.24) is 15.1 Å². The molecule has 20 heavy (non-hydrogen) atoms. The molecule has 1 N–H and O–H groups in total. The molecule has 114 valence electrons. The molecule has 1 aromatic heterocycles. The van der Waals surface area contributed by atoms with Crippen molar-refractivity contribution in [2.45, 2.75) is 57.1 Å². The van der Waals surface area contributed by atoms with Gasteiger partial charge in [-0.15, -0.1) is 0 Å².